The number of rotatable bonds is 8. The van der Waals surface area contributed by atoms with Crippen LogP contribution in [0.5, 0.6) is 0 Å². The first-order valence-electron chi connectivity index (χ1n) is 10.4. The largest absolute Gasteiger partial charge is 0.340 e. The van der Waals surface area contributed by atoms with Crippen molar-refractivity contribution in [2.24, 2.45) is 0 Å². The Bertz CT molecular complexity index is 1340. The first kappa shape index (κ1) is 22.2. The minimum atomic E-state index is -3.65. The molecular weight excluding hydrogens is 436 g/mol. The fourth-order valence-corrected chi connectivity index (χ4v) is 4.18. The standard InChI is InChI=1S/C24H24N6O2S/c1-3-18-4-10-21(11-5-18)33(31,32)30-20-8-6-19(7-9-20)28-23-15-24(27-16-26-23)29-22-14-17(2)12-13-25-22/h4-16,30H,3H2,1-2H3,(H2,25,26,27,28,29). The van der Waals surface area contributed by atoms with E-state index in [1.54, 1.807) is 48.7 Å². The average molecular weight is 461 g/mol. The molecule has 8 nitrogen and oxygen atoms in total. The molecule has 2 aromatic heterocycles. The van der Waals surface area contributed by atoms with Crippen molar-refractivity contribution < 1.29 is 8.42 Å². The van der Waals surface area contributed by atoms with Gasteiger partial charge < -0.3 is 10.6 Å². The van der Waals surface area contributed by atoms with Crippen molar-refractivity contribution in [2.45, 2.75) is 25.2 Å². The molecule has 2 heterocycles. The molecule has 0 fully saturated rings. The summed E-state index contributed by atoms with van der Waals surface area (Å²) in [5.74, 6) is 1.88. The van der Waals surface area contributed by atoms with Crippen LogP contribution in [0.3, 0.4) is 0 Å². The van der Waals surface area contributed by atoms with Crippen LogP contribution in [0.25, 0.3) is 0 Å². The first-order valence-corrected chi connectivity index (χ1v) is 11.9. The molecule has 0 aliphatic heterocycles. The molecule has 4 aromatic rings. The second-order valence-corrected chi connectivity index (χ2v) is 9.12. The monoisotopic (exact) mass is 460 g/mol. The summed E-state index contributed by atoms with van der Waals surface area (Å²) in [6.45, 7) is 4.02. The van der Waals surface area contributed by atoms with Crippen LogP contribution in [0, 0.1) is 6.92 Å². The third-order valence-corrected chi connectivity index (χ3v) is 6.29. The van der Waals surface area contributed by atoms with Crippen LogP contribution in [-0.4, -0.2) is 23.4 Å². The molecule has 0 aliphatic carbocycles. The average Bonchev–Trinajstić information content (AvgIpc) is 2.80. The van der Waals surface area contributed by atoms with Gasteiger partial charge in [-0.15, -0.1) is 0 Å². The van der Waals surface area contributed by atoms with E-state index >= 15 is 0 Å². The van der Waals surface area contributed by atoms with Gasteiger partial charge in [-0.05, 0) is 73.0 Å². The molecule has 0 radical (unpaired) electrons. The van der Waals surface area contributed by atoms with Gasteiger partial charge in [0.25, 0.3) is 10.0 Å². The number of nitrogens with one attached hydrogen (secondary N) is 3. The van der Waals surface area contributed by atoms with Gasteiger partial charge in [0, 0.05) is 23.6 Å². The Morgan fingerprint density at radius 3 is 2.06 bits per heavy atom. The van der Waals surface area contributed by atoms with Gasteiger partial charge in [0.15, 0.2) is 0 Å². The molecule has 0 unspecified atom stereocenters. The third-order valence-electron chi connectivity index (χ3n) is 4.89. The van der Waals surface area contributed by atoms with Gasteiger partial charge in [-0.25, -0.2) is 23.4 Å². The summed E-state index contributed by atoms with van der Waals surface area (Å²) in [7, 11) is -3.65. The summed E-state index contributed by atoms with van der Waals surface area (Å²) < 4.78 is 27.9. The van der Waals surface area contributed by atoms with Crippen LogP contribution in [0.2, 0.25) is 0 Å². The number of aryl methyl sites for hydroxylation is 2. The molecule has 0 spiro atoms. The Kier molecular flexibility index (Phi) is 6.50. The van der Waals surface area contributed by atoms with Crippen LogP contribution >= 0.6 is 0 Å². The van der Waals surface area contributed by atoms with Crippen molar-refractivity contribution in [1.29, 1.82) is 0 Å². The van der Waals surface area contributed by atoms with E-state index in [9.17, 15) is 8.42 Å². The highest BCUT2D eigenvalue weighted by atomic mass is 32.2. The third kappa shape index (κ3) is 5.83. The maximum Gasteiger partial charge on any atom is 0.261 e. The molecule has 168 valence electrons. The lowest BCUT2D eigenvalue weighted by Crippen LogP contribution is -2.12. The molecule has 0 atom stereocenters. The molecule has 0 saturated carbocycles. The Morgan fingerprint density at radius 1 is 0.758 bits per heavy atom. The minimum absolute atomic E-state index is 0.228. The maximum absolute atomic E-state index is 12.6. The summed E-state index contributed by atoms with van der Waals surface area (Å²) in [6.07, 6.45) is 4.04. The van der Waals surface area contributed by atoms with Crippen LogP contribution in [0.1, 0.15) is 18.1 Å². The van der Waals surface area contributed by atoms with Crippen molar-refractivity contribution in [3.05, 3.63) is 90.4 Å². The van der Waals surface area contributed by atoms with Crippen molar-refractivity contribution in [2.75, 3.05) is 15.4 Å². The van der Waals surface area contributed by atoms with Crippen LogP contribution < -0.4 is 15.4 Å². The fraction of sp³-hybridized carbons (Fsp3) is 0.125. The summed E-state index contributed by atoms with van der Waals surface area (Å²) in [5, 5.41) is 6.34. The second-order valence-electron chi connectivity index (χ2n) is 7.44. The molecule has 0 saturated heterocycles. The zero-order valence-corrected chi connectivity index (χ0v) is 19.1. The molecule has 0 bridgehead atoms. The normalized spacial score (nSPS) is 11.1. The van der Waals surface area contributed by atoms with Gasteiger partial charge in [-0.3, -0.25) is 4.72 Å². The Balaban J connectivity index is 1.42. The zero-order chi connectivity index (χ0) is 23.3. The van der Waals surface area contributed by atoms with Crippen molar-refractivity contribution in [1.82, 2.24) is 15.0 Å². The van der Waals surface area contributed by atoms with Gasteiger partial charge in [0.2, 0.25) is 0 Å². The van der Waals surface area contributed by atoms with E-state index < -0.39 is 10.0 Å². The molecule has 4 rings (SSSR count). The number of anilines is 5. The van der Waals surface area contributed by atoms with Gasteiger partial charge >= 0.3 is 0 Å². The zero-order valence-electron chi connectivity index (χ0n) is 18.3. The van der Waals surface area contributed by atoms with Crippen LogP contribution in [0.15, 0.2) is 84.1 Å². The first-order chi connectivity index (χ1) is 15.9. The highest BCUT2D eigenvalue weighted by Gasteiger charge is 2.14. The predicted octanol–water partition coefficient (Wildman–Crippen LogP) is 5.03. The molecule has 33 heavy (non-hydrogen) atoms. The molecule has 2 aromatic carbocycles. The van der Waals surface area contributed by atoms with Gasteiger partial charge in [0.05, 0.1) is 4.90 Å². The summed E-state index contributed by atoms with van der Waals surface area (Å²) >= 11 is 0. The number of pyridine rings is 1. The smallest absolute Gasteiger partial charge is 0.261 e. The summed E-state index contributed by atoms with van der Waals surface area (Å²) in [6, 6.07) is 19.4. The predicted molar refractivity (Wildman–Crippen MR) is 131 cm³/mol. The van der Waals surface area contributed by atoms with Gasteiger partial charge in [-0.1, -0.05) is 19.1 Å². The lowest BCUT2D eigenvalue weighted by atomic mass is 10.2. The number of hydrogen-bond donors (Lipinski definition) is 3. The Labute approximate surface area is 193 Å². The number of sulfonamides is 1. The molecule has 3 N–H and O–H groups in total. The van der Waals surface area contributed by atoms with E-state index in [1.807, 2.05) is 38.1 Å². The molecule has 0 aliphatic rings. The van der Waals surface area contributed by atoms with E-state index in [1.165, 1.54) is 6.33 Å². The molecule has 0 amide bonds. The lowest BCUT2D eigenvalue weighted by molar-refractivity contribution is 0.601. The van der Waals surface area contributed by atoms with Gasteiger partial charge in [-0.2, -0.15) is 0 Å². The highest BCUT2D eigenvalue weighted by molar-refractivity contribution is 7.92. The SMILES string of the molecule is CCc1ccc(S(=O)(=O)Nc2ccc(Nc3cc(Nc4cc(C)ccn4)ncn3)cc2)cc1. The van der Waals surface area contributed by atoms with E-state index in [0.717, 1.165) is 23.2 Å². The number of benzene rings is 2. The molecule has 9 heteroatoms. The fourth-order valence-electron chi connectivity index (χ4n) is 3.12. The van der Waals surface area contributed by atoms with E-state index in [2.05, 4.69) is 30.3 Å². The van der Waals surface area contributed by atoms with Crippen molar-refractivity contribution in [3.8, 4) is 0 Å². The van der Waals surface area contributed by atoms with Crippen LogP contribution in [0.4, 0.5) is 28.8 Å². The van der Waals surface area contributed by atoms with E-state index in [0.29, 0.717) is 23.1 Å². The maximum atomic E-state index is 12.6. The summed E-state index contributed by atoms with van der Waals surface area (Å²) in [5.41, 5.74) is 3.40. The van der Waals surface area contributed by atoms with Crippen molar-refractivity contribution >= 4 is 38.9 Å². The topological polar surface area (TPSA) is 109 Å². The quantitative estimate of drug-likeness (QED) is 0.338. The highest BCUT2D eigenvalue weighted by Crippen LogP contribution is 2.22. The number of hydrogen-bond acceptors (Lipinski definition) is 7. The van der Waals surface area contributed by atoms with Crippen LogP contribution in [-0.2, 0) is 16.4 Å². The van der Waals surface area contributed by atoms with E-state index in [4.69, 9.17) is 0 Å². The summed E-state index contributed by atoms with van der Waals surface area (Å²) in [4.78, 5) is 13.0. The van der Waals surface area contributed by atoms with Gasteiger partial charge in [0.1, 0.15) is 23.8 Å². The number of aromatic nitrogens is 3. The Morgan fingerprint density at radius 2 is 1.39 bits per heavy atom. The van der Waals surface area contributed by atoms with Crippen molar-refractivity contribution in [3.63, 3.8) is 0 Å². The Hall–Kier alpha value is -3.98. The lowest BCUT2D eigenvalue weighted by Gasteiger charge is -2.11. The molecular formula is C24H24N6O2S. The number of nitrogens with zero attached hydrogens (tertiary/aromatic N) is 3. The minimum Gasteiger partial charge on any atom is -0.340 e. The second kappa shape index (κ2) is 9.66. The van der Waals surface area contributed by atoms with E-state index in [-0.39, 0.29) is 4.90 Å².